The van der Waals surface area contributed by atoms with Crippen molar-refractivity contribution in [2.45, 2.75) is 31.5 Å². The quantitative estimate of drug-likeness (QED) is 0.640. The van der Waals surface area contributed by atoms with Gasteiger partial charge >= 0.3 is 0 Å². The lowest BCUT2D eigenvalue weighted by atomic mass is 10.1. The topological polar surface area (TPSA) is 78.6 Å². The summed E-state index contributed by atoms with van der Waals surface area (Å²) < 4.78 is 5.42. The Balaban J connectivity index is 1.34. The van der Waals surface area contributed by atoms with Crippen LogP contribution in [0.3, 0.4) is 0 Å². The van der Waals surface area contributed by atoms with Crippen molar-refractivity contribution >= 4 is 11.6 Å². The van der Waals surface area contributed by atoms with Crippen molar-refractivity contribution in [1.82, 2.24) is 10.5 Å². The molecule has 0 saturated heterocycles. The molecule has 1 saturated carbocycles. The SMILES string of the molecule is C[C@H]1[C@H]2c3ccccc3N(C)C(=O)[C@@H](NC(O)c3cc(Cc4ccccc4)on3)[C@@H]12. The van der Waals surface area contributed by atoms with Crippen molar-refractivity contribution in [2.75, 3.05) is 11.9 Å². The lowest BCUT2D eigenvalue weighted by Gasteiger charge is -2.25. The number of aliphatic hydroxyl groups is 1. The number of nitrogens with one attached hydrogen (secondary N) is 1. The summed E-state index contributed by atoms with van der Waals surface area (Å²) in [4.78, 5) is 14.9. The van der Waals surface area contributed by atoms with E-state index in [2.05, 4.69) is 23.5 Å². The smallest absolute Gasteiger partial charge is 0.244 e. The minimum atomic E-state index is -1.07. The summed E-state index contributed by atoms with van der Waals surface area (Å²) in [5.74, 6) is 1.47. The number of likely N-dealkylation sites (N-methyl/N-ethyl adjacent to an activating group) is 1. The van der Waals surface area contributed by atoms with Crippen molar-refractivity contribution < 1.29 is 14.4 Å². The number of benzene rings is 2. The number of para-hydroxylation sites is 1. The van der Waals surface area contributed by atoms with Crippen LogP contribution in [0.25, 0.3) is 0 Å². The molecule has 1 aliphatic heterocycles. The summed E-state index contributed by atoms with van der Waals surface area (Å²) in [5, 5.41) is 17.9. The summed E-state index contributed by atoms with van der Waals surface area (Å²) in [5.41, 5.74) is 3.65. The summed E-state index contributed by atoms with van der Waals surface area (Å²) in [6.07, 6.45) is -0.474. The van der Waals surface area contributed by atoms with Gasteiger partial charge in [-0.2, -0.15) is 0 Å². The second-order valence-electron chi connectivity index (χ2n) is 8.35. The first-order valence-electron chi connectivity index (χ1n) is 10.3. The van der Waals surface area contributed by atoms with Gasteiger partial charge in [0.05, 0.1) is 6.04 Å². The molecular formula is C24H25N3O3. The highest BCUT2D eigenvalue weighted by Gasteiger charge is 2.57. The van der Waals surface area contributed by atoms with Crippen molar-refractivity contribution in [2.24, 2.45) is 11.8 Å². The molecule has 5 atom stereocenters. The van der Waals surface area contributed by atoms with Crippen LogP contribution in [0, 0.1) is 11.8 Å². The number of carbonyl (C=O) groups excluding carboxylic acids is 1. The van der Waals surface area contributed by atoms with Crippen LogP contribution in [0.2, 0.25) is 0 Å². The third-order valence-corrected chi connectivity index (χ3v) is 6.50. The number of hydrogen-bond acceptors (Lipinski definition) is 5. The van der Waals surface area contributed by atoms with Gasteiger partial charge in [0.15, 0.2) is 6.23 Å². The van der Waals surface area contributed by atoms with Crippen LogP contribution >= 0.6 is 0 Å². The van der Waals surface area contributed by atoms with Gasteiger partial charge < -0.3 is 14.5 Å². The molecule has 2 heterocycles. The van der Waals surface area contributed by atoms with Gasteiger partial charge in [-0.1, -0.05) is 60.6 Å². The van der Waals surface area contributed by atoms with E-state index in [4.69, 9.17) is 4.52 Å². The summed E-state index contributed by atoms with van der Waals surface area (Å²) >= 11 is 0. The molecule has 2 aromatic carbocycles. The van der Waals surface area contributed by atoms with Gasteiger partial charge in [-0.3, -0.25) is 10.1 Å². The number of anilines is 1. The first kappa shape index (κ1) is 19.0. The number of amides is 1. The molecule has 30 heavy (non-hydrogen) atoms. The fourth-order valence-corrected chi connectivity index (χ4v) is 4.84. The van der Waals surface area contributed by atoms with E-state index >= 15 is 0 Å². The maximum absolute atomic E-state index is 13.2. The van der Waals surface area contributed by atoms with Crippen LogP contribution in [0.1, 0.15) is 41.7 Å². The zero-order chi connectivity index (χ0) is 20.8. The molecule has 154 valence electrons. The lowest BCUT2D eigenvalue weighted by Crippen LogP contribution is -2.47. The van der Waals surface area contributed by atoms with Crippen LogP contribution in [0.15, 0.2) is 65.2 Å². The Morgan fingerprint density at radius 3 is 2.70 bits per heavy atom. The molecular weight excluding hydrogens is 378 g/mol. The average Bonchev–Trinajstić information content (AvgIpc) is 3.21. The second kappa shape index (κ2) is 7.38. The van der Waals surface area contributed by atoms with Gasteiger partial charge in [0.1, 0.15) is 11.5 Å². The van der Waals surface area contributed by atoms with E-state index in [1.54, 1.807) is 18.0 Å². The van der Waals surface area contributed by atoms with E-state index < -0.39 is 12.3 Å². The lowest BCUT2D eigenvalue weighted by molar-refractivity contribution is -0.122. The molecule has 0 bridgehead atoms. The molecule has 2 N–H and O–H groups in total. The highest BCUT2D eigenvalue weighted by atomic mass is 16.5. The number of aromatic nitrogens is 1. The Labute approximate surface area is 175 Å². The van der Waals surface area contributed by atoms with Crippen molar-refractivity contribution in [3.05, 3.63) is 83.2 Å². The molecule has 0 spiro atoms. The molecule has 5 rings (SSSR count). The van der Waals surface area contributed by atoms with Gasteiger partial charge in [0.2, 0.25) is 5.91 Å². The molecule has 1 aromatic heterocycles. The monoisotopic (exact) mass is 403 g/mol. The largest absolute Gasteiger partial charge is 0.372 e. The zero-order valence-corrected chi connectivity index (χ0v) is 17.0. The Bertz CT molecular complexity index is 1060. The highest BCUT2D eigenvalue weighted by molar-refractivity contribution is 5.99. The van der Waals surface area contributed by atoms with E-state index in [0.717, 1.165) is 11.3 Å². The highest BCUT2D eigenvalue weighted by Crippen LogP contribution is 2.59. The van der Waals surface area contributed by atoms with Gasteiger partial charge in [0, 0.05) is 25.2 Å². The van der Waals surface area contributed by atoms with E-state index in [1.165, 1.54) is 5.56 Å². The van der Waals surface area contributed by atoms with E-state index in [1.807, 2.05) is 48.5 Å². The van der Waals surface area contributed by atoms with Crippen molar-refractivity contribution in [3.8, 4) is 0 Å². The molecule has 6 nitrogen and oxygen atoms in total. The summed E-state index contributed by atoms with van der Waals surface area (Å²) in [6.45, 7) is 2.17. The molecule has 3 aromatic rings. The maximum Gasteiger partial charge on any atom is 0.244 e. The van der Waals surface area contributed by atoms with Gasteiger partial charge in [0.25, 0.3) is 0 Å². The first-order chi connectivity index (χ1) is 14.5. The maximum atomic E-state index is 13.2. The molecule has 1 aliphatic carbocycles. The van der Waals surface area contributed by atoms with Gasteiger partial charge in [-0.25, -0.2) is 0 Å². The standard InChI is InChI=1S/C24H25N3O3/c1-14-20-17-10-6-7-11-19(17)27(2)24(29)22(21(14)20)25-23(28)18-13-16(30-26-18)12-15-8-4-3-5-9-15/h3-11,13-14,20-23,25,28H,12H2,1-2H3/t14-,20-,21-,22-,23?/m0/s1. The minimum Gasteiger partial charge on any atom is -0.372 e. The predicted octanol–water partition coefficient (Wildman–Crippen LogP) is 3.24. The molecule has 1 amide bonds. The third-order valence-electron chi connectivity index (χ3n) is 6.50. The number of rotatable bonds is 5. The molecule has 6 heteroatoms. The van der Waals surface area contributed by atoms with Crippen LogP contribution < -0.4 is 10.2 Å². The Morgan fingerprint density at radius 1 is 1.17 bits per heavy atom. The number of fused-ring (bicyclic) bond motifs is 3. The predicted molar refractivity (Wildman–Crippen MR) is 113 cm³/mol. The summed E-state index contributed by atoms with van der Waals surface area (Å²) in [7, 11) is 1.80. The molecule has 2 aliphatic rings. The first-order valence-corrected chi connectivity index (χ1v) is 10.3. The van der Waals surface area contributed by atoms with Gasteiger partial charge in [-0.15, -0.1) is 0 Å². The Hall–Kier alpha value is -2.96. The number of hydrogen-bond donors (Lipinski definition) is 2. The summed E-state index contributed by atoms with van der Waals surface area (Å²) in [6, 6.07) is 19.3. The van der Waals surface area contributed by atoms with Crippen LogP contribution in [-0.4, -0.2) is 29.3 Å². The van der Waals surface area contributed by atoms with Crippen LogP contribution in [0.5, 0.6) is 0 Å². The van der Waals surface area contributed by atoms with Gasteiger partial charge in [-0.05, 0) is 34.9 Å². The number of nitrogens with zero attached hydrogens (tertiary/aromatic N) is 2. The van der Waals surface area contributed by atoms with E-state index in [-0.39, 0.29) is 11.8 Å². The van der Waals surface area contributed by atoms with E-state index in [0.29, 0.717) is 29.7 Å². The van der Waals surface area contributed by atoms with Crippen LogP contribution in [0.4, 0.5) is 5.69 Å². The van der Waals surface area contributed by atoms with Crippen molar-refractivity contribution in [3.63, 3.8) is 0 Å². The third kappa shape index (κ3) is 3.22. The van der Waals surface area contributed by atoms with Crippen molar-refractivity contribution in [1.29, 1.82) is 0 Å². The molecule has 1 unspecified atom stereocenters. The normalized spacial score (nSPS) is 26.0. The number of carbonyl (C=O) groups is 1. The number of aliphatic hydroxyl groups excluding tert-OH is 1. The second-order valence-corrected chi connectivity index (χ2v) is 8.35. The average molecular weight is 403 g/mol. The zero-order valence-electron chi connectivity index (χ0n) is 17.0. The Morgan fingerprint density at radius 2 is 1.90 bits per heavy atom. The molecule has 1 fully saturated rings. The minimum absolute atomic E-state index is 0.0358. The fraction of sp³-hybridized carbons (Fsp3) is 0.333. The fourth-order valence-electron chi connectivity index (χ4n) is 4.84. The van der Waals surface area contributed by atoms with E-state index in [9.17, 15) is 9.90 Å². The molecule has 0 radical (unpaired) electrons. The van der Waals surface area contributed by atoms with Crippen LogP contribution in [-0.2, 0) is 11.2 Å². The Kier molecular flexibility index (Phi) is 4.68.